The van der Waals surface area contributed by atoms with Crippen molar-refractivity contribution in [3.05, 3.63) is 42.2 Å². The van der Waals surface area contributed by atoms with Crippen LogP contribution >= 0.6 is 0 Å². The third-order valence-electron chi connectivity index (χ3n) is 4.24. The van der Waals surface area contributed by atoms with Gasteiger partial charge >= 0.3 is 0 Å². The lowest BCUT2D eigenvalue weighted by Crippen LogP contribution is -2.52. The smallest absolute Gasteiger partial charge is 0.167 e. The molecule has 0 spiro atoms. The second kappa shape index (κ2) is 7.61. The molecule has 0 aromatic heterocycles. The van der Waals surface area contributed by atoms with E-state index < -0.39 is 5.82 Å². The van der Waals surface area contributed by atoms with Crippen molar-refractivity contribution in [3.63, 3.8) is 0 Å². The number of hydrogen-bond donors (Lipinski definition) is 2. The molecular weight excluding hydrogens is 321 g/mol. The van der Waals surface area contributed by atoms with Gasteiger partial charge in [0.25, 0.3) is 0 Å². The lowest BCUT2D eigenvalue weighted by molar-refractivity contribution is 0.0348. The number of benzene rings is 2. The predicted octanol–water partition coefficient (Wildman–Crippen LogP) is 3.78. The molecule has 0 amide bonds. The summed E-state index contributed by atoms with van der Waals surface area (Å²) in [6, 6.07) is 10.9. The first-order chi connectivity index (χ1) is 12.1. The molecule has 0 bridgehead atoms. The summed E-state index contributed by atoms with van der Waals surface area (Å²) in [6.07, 6.45) is 1.39. The Morgan fingerprint density at radius 1 is 1.24 bits per heavy atom. The number of ether oxygens (including phenoxy) is 2. The quantitative estimate of drug-likeness (QED) is 0.748. The van der Waals surface area contributed by atoms with E-state index in [0.29, 0.717) is 17.5 Å². The topological polar surface area (TPSA) is 59.8 Å². The fourth-order valence-corrected chi connectivity index (χ4v) is 2.78. The number of halogens is 1. The fraction of sp³-hybridized carbons (Fsp3) is 0.368. The van der Waals surface area contributed by atoms with Gasteiger partial charge in [0, 0.05) is 43.2 Å². The summed E-state index contributed by atoms with van der Waals surface area (Å²) in [7, 11) is 1.43. The second-order valence-corrected chi connectivity index (χ2v) is 6.14. The van der Waals surface area contributed by atoms with Crippen LogP contribution in [0.3, 0.4) is 0 Å². The van der Waals surface area contributed by atoms with E-state index in [1.165, 1.54) is 13.2 Å². The Kier molecular flexibility index (Phi) is 5.28. The van der Waals surface area contributed by atoms with Gasteiger partial charge in [-0.05, 0) is 30.7 Å². The van der Waals surface area contributed by atoms with Crippen LogP contribution in [0.25, 0.3) is 0 Å². The van der Waals surface area contributed by atoms with Crippen LogP contribution in [0, 0.1) is 5.82 Å². The van der Waals surface area contributed by atoms with Crippen LogP contribution in [-0.2, 0) is 4.74 Å². The molecule has 0 atom stereocenters. The van der Waals surface area contributed by atoms with Gasteiger partial charge in [0.2, 0.25) is 0 Å². The number of hydrogen-bond acceptors (Lipinski definition) is 5. The second-order valence-electron chi connectivity index (χ2n) is 6.14. The van der Waals surface area contributed by atoms with Gasteiger partial charge in [0.15, 0.2) is 11.6 Å². The highest BCUT2D eigenvalue weighted by Crippen LogP contribution is 2.31. The van der Waals surface area contributed by atoms with E-state index in [9.17, 15) is 4.39 Å². The average molecular weight is 345 g/mol. The first-order valence-corrected chi connectivity index (χ1v) is 8.47. The van der Waals surface area contributed by atoms with E-state index in [1.54, 1.807) is 6.07 Å². The van der Waals surface area contributed by atoms with E-state index >= 15 is 0 Å². The van der Waals surface area contributed by atoms with E-state index in [1.807, 2.05) is 12.1 Å². The minimum atomic E-state index is -0.474. The summed E-state index contributed by atoms with van der Waals surface area (Å²) in [5.74, 6) is -0.314. The maximum atomic E-state index is 13.6. The van der Waals surface area contributed by atoms with Gasteiger partial charge in [0.1, 0.15) is 0 Å². The van der Waals surface area contributed by atoms with Crippen LogP contribution in [0.4, 0.5) is 27.1 Å². The molecule has 2 aromatic carbocycles. The van der Waals surface area contributed by atoms with Gasteiger partial charge in [-0.1, -0.05) is 6.92 Å². The lowest BCUT2D eigenvalue weighted by atomic mass is 10.1. The summed E-state index contributed by atoms with van der Waals surface area (Å²) in [4.78, 5) is 2.28. The molecule has 1 aliphatic rings. The highest BCUT2D eigenvalue weighted by atomic mass is 19.1. The number of methoxy groups -OCH3 is 1. The molecule has 3 N–H and O–H groups in total. The van der Waals surface area contributed by atoms with E-state index in [-0.39, 0.29) is 5.75 Å². The Morgan fingerprint density at radius 3 is 2.60 bits per heavy atom. The first kappa shape index (κ1) is 17.4. The molecule has 1 fully saturated rings. The average Bonchev–Trinajstić information content (AvgIpc) is 2.57. The summed E-state index contributed by atoms with van der Waals surface area (Å²) in [6.45, 7) is 4.79. The van der Waals surface area contributed by atoms with Crippen molar-refractivity contribution in [1.82, 2.24) is 0 Å². The molecule has 0 saturated carbocycles. The standard InChI is InChI=1S/C19H24FN3O2/c1-3-8-25-15-11-23(12-15)14-6-4-13(5-7-14)22-18-10-19(24-2)16(20)9-17(18)21/h4-7,9-10,15,22H,3,8,11-12,21H2,1-2H3. The molecule has 0 aliphatic carbocycles. The van der Waals surface area contributed by atoms with Crippen LogP contribution in [0.1, 0.15) is 13.3 Å². The minimum absolute atomic E-state index is 0.159. The molecule has 5 nitrogen and oxygen atoms in total. The highest BCUT2D eigenvalue weighted by molar-refractivity contribution is 5.75. The summed E-state index contributed by atoms with van der Waals surface area (Å²) in [5, 5.41) is 3.20. The molecule has 2 aromatic rings. The van der Waals surface area contributed by atoms with Crippen molar-refractivity contribution >= 4 is 22.7 Å². The number of rotatable bonds is 7. The zero-order valence-corrected chi connectivity index (χ0v) is 14.6. The molecule has 0 radical (unpaired) electrons. The monoisotopic (exact) mass is 345 g/mol. The third-order valence-corrected chi connectivity index (χ3v) is 4.24. The number of nitrogen functional groups attached to an aromatic ring is 1. The number of nitrogens with two attached hydrogens (primary N) is 1. The Balaban J connectivity index is 1.62. The van der Waals surface area contributed by atoms with Crippen molar-refractivity contribution in [3.8, 4) is 5.75 Å². The maximum absolute atomic E-state index is 13.6. The van der Waals surface area contributed by atoms with E-state index in [0.717, 1.165) is 37.5 Å². The van der Waals surface area contributed by atoms with Crippen molar-refractivity contribution in [2.75, 3.05) is 42.8 Å². The molecule has 1 aliphatic heterocycles. The van der Waals surface area contributed by atoms with Crippen LogP contribution in [0.5, 0.6) is 5.75 Å². The number of nitrogens with zero attached hydrogens (tertiary/aromatic N) is 1. The van der Waals surface area contributed by atoms with E-state index in [4.69, 9.17) is 15.2 Å². The molecule has 25 heavy (non-hydrogen) atoms. The highest BCUT2D eigenvalue weighted by Gasteiger charge is 2.27. The molecular formula is C19H24FN3O2. The fourth-order valence-electron chi connectivity index (χ4n) is 2.78. The molecule has 0 unspecified atom stereocenters. The molecule has 1 saturated heterocycles. The summed E-state index contributed by atoms with van der Waals surface area (Å²) >= 11 is 0. The zero-order valence-electron chi connectivity index (χ0n) is 14.6. The normalized spacial score (nSPS) is 14.3. The van der Waals surface area contributed by atoms with Crippen molar-refractivity contribution in [1.29, 1.82) is 0 Å². The SMILES string of the molecule is CCCOC1CN(c2ccc(Nc3cc(OC)c(F)cc3N)cc2)C1. The minimum Gasteiger partial charge on any atom is -0.494 e. The van der Waals surface area contributed by atoms with Gasteiger partial charge < -0.3 is 25.4 Å². The van der Waals surface area contributed by atoms with Crippen molar-refractivity contribution < 1.29 is 13.9 Å². The Labute approximate surface area is 147 Å². The van der Waals surface area contributed by atoms with Gasteiger partial charge in [0.05, 0.1) is 24.6 Å². The van der Waals surface area contributed by atoms with Crippen molar-refractivity contribution in [2.24, 2.45) is 0 Å². The number of nitrogens with one attached hydrogen (secondary N) is 1. The van der Waals surface area contributed by atoms with Gasteiger partial charge in [-0.15, -0.1) is 0 Å². The van der Waals surface area contributed by atoms with Crippen LogP contribution in [0.15, 0.2) is 36.4 Å². The molecule has 134 valence electrons. The Hall–Kier alpha value is -2.47. The van der Waals surface area contributed by atoms with Crippen LogP contribution in [-0.4, -0.2) is 32.9 Å². The largest absolute Gasteiger partial charge is 0.494 e. The lowest BCUT2D eigenvalue weighted by Gasteiger charge is -2.40. The number of anilines is 4. The van der Waals surface area contributed by atoms with Gasteiger partial charge in [-0.25, -0.2) is 4.39 Å². The Bertz CT molecular complexity index is 715. The predicted molar refractivity (Wildman–Crippen MR) is 99.3 cm³/mol. The maximum Gasteiger partial charge on any atom is 0.167 e. The molecule has 1 heterocycles. The van der Waals surface area contributed by atoms with Crippen molar-refractivity contribution in [2.45, 2.75) is 19.4 Å². The van der Waals surface area contributed by atoms with Crippen LogP contribution in [0.2, 0.25) is 0 Å². The van der Waals surface area contributed by atoms with Gasteiger partial charge in [-0.2, -0.15) is 0 Å². The zero-order chi connectivity index (χ0) is 17.8. The third kappa shape index (κ3) is 3.96. The summed E-state index contributed by atoms with van der Waals surface area (Å²) < 4.78 is 24.3. The molecule has 3 rings (SSSR count). The van der Waals surface area contributed by atoms with Crippen LogP contribution < -0.4 is 20.7 Å². The Morgan fingerprint density at radius 2 is 1.96 bits per heavy atom. The van der Waals surface area contributed by atoms with Gasteiger partial charge in [-0.3, -0.25) is 0 Å². The first-order valence-electron chi connectivity index (χ1n) is 8.47. The summed E-state index contributed by atoms with van der Waals surface area (Å²) in [5.41, 5.74) is 8.86. The van der Waals surface area contributed by atoms with E-state index in [2.05, 4.69) is 29.3 Å². The molecule has 6 heteroatoms.